The molecule has 20 heavy (non-hydrogen) atoms. The van der Waals surface area contributed by atoms with Crippen LogP contribution in [-0.2, 0) is 6.42 Å². The number of carbonyl (C=O) groups excluding carboxylic acids is 1. The smallest absolute Gasteiger partial charge is 0.253 e. The molecule has 0 unspecified atom stereocenters. The van der Waals surface area contributed by atoms with Crippen LogP contribution in [0.2, 0.25) is 0 Å². The van der Waals surface area contributed by atoms with E-state index in [0.29, 0.717) is 12.0 Å². The second-order valence-corrected chi connectivity index (χ2v) is 4.79. The number of aliphatic hydroxyl groups is 1. The number of nitrogens with zero attached hydrogens (tertiary/aromatic N) is 1. The Hall–Kier alpha value is -2.20. The van der Waals surface area contributed by atoms with E-state index in [2.05, 4.69) is 10.3 Å². The molecule has 0 saturated heterocycles. The molecule has 104 valence electrons. The van der Waals surface area contributed by atoms with E-state index in [9.17, 15) is 9.90 Å². The Labute approximate surface area is 118 Å². The molecule has 0 aliphatic heterocycles. The van der Waals surface area contributed by atoms with Crippen LogP contribution in [-0.4, -0.2) is 28.6 Å². The van der Waals surface area contributed by atoms with E-state index in [1.807, 2.05) is 37.3 Å². The van der Waals surface area contributed by atoms with Gasteiger partial charge in [0.25, 0.3) is 5.91 Å². The van der Waals surface area contributed by atoms with Gasteiger partial charge in [0.2, 0.25) is 0 Å². The van der Waals surface area contributed by atoms with Crippen molar-refractivity contribution in [2.24, 2.45) is 0 Å². The average molecular weight is 270 g/mol. The van der Waals surface area contributed by atoms with Crippen molar-refractivity contribution in [3.8, 4) is 0 Å². The lowest BCUT2D eigenvalue weighted by Crippen LogP contribution is -2.39. The molecule has 0 spiro atoms. The number of hydrogen-bond acceptors (Lipinski definition) is 3. The van der Waals surface area contributed by atoms with Crippen LogP contribution in [0.3, 0.4) is 0 Å². The van der Waals surface area contributed by atoms with Gasteiger partial charge in [0.05, 0.1) is 18.2 Å². The summed E-state index contributed by atoms with van der Waals surface area (Å²) in [5.74, 6) is -0.212. The van der Waals surface area contributed by atoms with Gasteiger partial charge in [0.1, 0.15) is 0 Å². The summed E-state index contributed by atoms with van der Waals surface area (Å²) in [6, 6.07) is 11.2. The highest BCUT2D eigenvalue weighted by atomic mass is 16.3. The number of aliphatic hydroxyl groups excluding tert-OH is 1. The monoisotopic (exact) mass is 270 g/mol. The lowest BCUT2D eigenvalue weighted by Gasteiger charge is -2.16. The Morgan fingerprint density at radius 1 is 1.30 bits per heavy atom. The van der Waals surface area contributed by atoms with Crippen LogP contribution >= 0.6 is 0 Å². The molecule has 0 radical (unpaired) electrons. The fourth-order valence-electron chi connectivity index (χ4n) is 2.01. The van der Waals surface area contributed by atoms with E-state index in [1.165, 1.54) is 6.20 Å². The molecule has 2 N–H and O–H groups in total. The molecule has 4 heteroatoms. The van der Waals surface area contributed by atoms with Gasteiger partial charge >= 0.3 is 0 Å². The summed E-state index contributed by atoms with van der Waals surface area (Å²) in [7, 11) is 0. The summed E-state index contributed by atoms with van der Waals surface area (Å²) in [5.41, 5.74) is 2.52. The summed E-state index contributed by atoms with van der Waals surface area (Å²) in [4.78, 5) is 16.1. The van der Waals surface area contributed by atoms with Crippen LogP contribution in [0, 0.1) is 6.92 Å². The zero-order chi connectivity index (χ0) is 14.4. The van der Waals surface area contributed by atoms with E-state index >= 15 is 0 Å². The van der Waals surface area contributed by atoms with Crippen molar-refractivity contribution in [3.05, 3.63) is 65.5 Å². The number of aromatic nitrogens is 1. The summed E-state index contributed by atoms with van der Waals surface area (Å²) in [5, 5.41) is 12.2. The van der Waals surface area contributed by atoms with Crippen molar-refractivity contribution >= 4 is 5.91 Å². The molecular formula is C16H18N2O2. The summed E-state index contributed by atoms with van der Waals surface area (Å²) >= 11 is 0. The first kappa shape index (κ1) is 14.2. The van der Waals surface area contributed by atoms with Gasteiger partial charge in [-0.1, -0.05) is 30.3 Å². The number of nitrogens with one attached hydrogen (secondary N) is 1. The van der Waals surface area contributed by atoms with Crippen molar-refractivity contribution in [3.63, 3.8) is 0 Å². The van der Waals surface area contributed by atoms with Crippen LogP contribution in [0.5, 0.6) is 0 Å². The molecule has 1 amide bonds. The predicted molar refractivity (Wildman–Crippen MR) is 77.5 cm³/mol. The van der Waals surface area contributed by atoms with E-state index in [1.54, 1.807) is 12.3 Å². The van der Waals surface area contributed by atoms with Crippen molar-refractivity contribution in [1.29, 1.82) is 0 Å². The maximum atomic E-state index is 12.1. The molecule has 4 nitrogen and oxygen atoms in total. The van der Waals surface area contributed by atoms with Gasteiger partial charge in [-0.05, 0) is 30.5 Å². The number of carbonyl (C=O) groups is 1. The standard InChI is InChI=1S/C16H18N2O2/c1-12-7-14(10-17-9-12)16(20)18-15(11-19)8-13-5-3-2-4-6-13/h2-7,9-10,15,19H,8,11H2,1H3,(H,18,20)/t15-/m1/s1. The highest BCUT2D eigenvalue weighted by Crippen LogP contribution is 2.05. The van der Waals surface area contributed by atoms with Gasteiger partial charge in [0, 0.05) is 12.4 Å². The molecule has 1 aromatic carbocycles. The first-order valence-corrected chi connectivity index (χ1v) is 6.56. The molecular weight excluding hydrogens is 252 g/mol. The Bertz CT molecular complexity index is 570. The van der Waals surface area contributed by atoms with Gasteiger partial charge in [0.15, 0.2) is 0 Å². The Morgan fingerprint density at radius 3 is 2.70 bits per heavy atom. The first-order chi connectivity index (χ1) is 9.69. The topological polar surface area (TPSA) is 62.2 Å². The fourth-order valence-corrected chi connectivity index (χ4v) is 2.01. The molecule has 1 aromatic heterocycles. The highest BCUT2D eigenvalue weighted by Gasteiger charge is 2.13. The molecule has 0 aliphatic rings. The van der Waals surface area contributed by atoms with Crippen molar-refractivity contribution in [2.45, 2.75) is 19.4 Å². The van der Waals surface area contributed by atoms with Gasteiger partial charge < -0.3 is 10.4 Å². The minimum Gasteiger partial charge on any atom is -0.394 e. The van der Waals surface area contributed by atoms with Crippen molar-refractivity contribution < 1.29 is 9.90 Å². The van der Waals surface area contributed by atoms with Gasteiger partial charge in [-0.15, -0.1) is 0 Å². The van der Waals surface area contributed by atoms with E-state index in [0.717, 1.165) is 11.1 Å². The molecule has 0 aliphatic carbocycles. The number of rotatable bonds is 5. The van der Waals surface area contributed by atoms with Crippen LogP contribution in [0.15, 0.2) is 48.8 Å². The summed E-state index contributed by atoms with van der Waals surface area (Å²) in [6.45, 7) is 1.79. The first-order valence-electron chi connectivity index (χ1n) is 6.56. The number of pyridine rings is 1. The molecule has 0 saturated carbocycles. The Balaban J connectivity index is 2.01. The largest absolute Gasteiger partial charge is 0.394 e. The third-order valence-electron chi connectivity index (χ3n) is 3.02. The second kappa shape index (κ2) is 6.82. The zero-order valence-corrected chi connectivity index (χ0v) is 11.4. The summed E-state index contributed by atoms with van der Waals surface area (Å²) in [6.07, 6.45) is 3.83. The van der Waals surface area contributed by atoms with E-state index in [4.69, 9.17) is 0 Å². The number of amides is 1. The molecule has 2 aromatic rings. The van der Waals surface area contributed by atoms with Crippen molar-refractivity contribution in [2.75, 3.05) is 6.61 Å². The lowest BCUT2D eigenvalue weighted by molar-refractivity contribution is 0.0916. The normalized spacial score (nSPS) is 11.9. The Morgan fingerprint density at radius 2 is 2.05 bits per heavy atom. The van der Waals surface area contributed by atoms with E-state index < -0.39 is 0 Å². The van der Waals surface area contributed by atoms with Crippen LogP contribution in [0.25, 0.3) is 0 Å². The molecule has 0 bridgehead atoms. The fraction of sp³-hybridized carbons (Fsp3) is 0.250. The maximum Gasteiger partial charge on any atom is 0.253 e. The number of benzene rings is 1. The van der Waals surface area contributed by atoms with E-state index in [-0.39, 0.29) is 18.6 Å². The maximum absolute atomic E-state index is 12.1. The third kappa shape index (κ3) is 3.90. The van der Waals surface area contributed by atoms with Gasteiger partial charge in [-0.25, -0.2) is 0 Å². The zero-order valence-electron chi connectivity index (χ0n) is 11.4. The van der Waals surface area contributed by atoms with Crippen molar-refractivity contribution in [1.82, 2.24) is 10.3 Å². The SMILES string of the molecule is Cc1cncc(C(=O)N[C@@H](CO)Cc2ccccc2)c1. The molecule has 1 atom stereocenters. The average Bonchev–Trinajstić information content (AvgIpc) is 2.47. The Kier molecular flexibility index (Phi) is 4.85. The molecule has 1 heterocycles. The second-order valence-electron chi connectivity index (χ2n) is 4.79. The minimum absolute atomic E-state index is 0.0973. The predicted octanol–water partition coefficient (Wildman–Crippen LogP) is 1.72. The van der Waals surface area contributed by atoms with Gasteiger partial charge in [-0.3, -0.25) is 9.78 Å². The quantitative estimate of drug-likeness (QED) is 0.869. The number of hydrogen-bond donors (Lipinski definition) is 2. The van der Waals surface area contributed by atoms with Crippen LogP contribution < -0.4 is 5.32 Å². The third-order valence-corrected chi connectivity index (χ3v) is 3.02. The number of aryl methyl sites for hydroxylation is 1. The lowest BCUT2D eigenvalue weighted by atomic mass is 10.1. The van der Waals surface area contributed by atoms with Gasteiger partial charge in [-0.2, -0.15) is 0 Å². The highest BCUT2D eigenvalue weighted by molar-refractivity contribution is 5.94. The minimum atomic E-state index is -0.301. The van der Waals surface area contributed by atoms with Crippen LogP contribution in [0.4, 0.5) is 0 Å². The molecule has 2 rings (SSSR count). The summed E-state index contributed by atoms with van der Waals surface area (Å²) < 4.78 is 0. The molecule has 0 fully saturated rings. The van der Waals surface area contributed by atoms with Crippen LogP contribution in [0.1, 0.15) is 21.5 Å².